The largest absolute Gasteiger partial charge is 0.490 e. The van der Waals surface area contributed by atoms with Crippen molar-refractivity contribution in [3.8, 4) is 5.75 Å². The summed E-state index contributed by atoms with van der Waals surface area (Å²) >= 11 is 1.97. The zero-order chi connectivity index (χ0) is 27.4. The van der Waals surface area contributed by atoms with Gasteiger partial charge in [-0.3, -0.25) is 4.90 Å². The van der Waals surface area contributed by atoms with E-state index in [0.717, 1.165) is 36.0 Å². The molecule has 38 heavy (non-hydrogen) atoms. The second kappa shape index (κ2) is 12.0. The summed E-state index contributed by atoms with van der Waals surface area (Å²) in [5, 5.41) is 27.9. The van der Waals surface area contributed by atoms with E-state index in [2.05, 4.69) is 48.9 Å². The Morgan fingerprint density at radius 3 is 2.61 bits per heavy atom. The molecule has 1 aliphatic rings. The highest BCUT2D eigenvalue weighted by molar-refractivity contribution is 7.19. The van der Waals surface area contributed by atoms with E-state index in [9.17, 15) is 5.11 Å². The van der Waals surface area contributed by atoms with Crippen LogP contribution in [0, 0.1) is 13.8 Å². The van der Waals surface area contributed by atoms with Crippen molar-refractivity contribution in [3.63, 3.8) is 0 Å². The first kappa shape index (κ1) is 27.6. The van der Waals surface area contributed by atoms with E-state index < -0.39 is 18.0 Å². The average Bonchev–Trinajstić information content (AvgIpc) is 3.52. The van der Waals surface area contributed by atoms with Crippen LogP contribution in [0.2, 0.25) is 0 Å². The van der Waals surface area contributed by atoms with Gasteiger partial charge in [0.25, 0.3) is 0 Å². The van der Waals surface area contributed by atoms with E-state index in [1.54, 1.807) is 0 Å². The smallest absolute Gasteiger partial charge is 0.414 e. The highest BCUT2D eigenvalue weighted by Gasteiger charge is 2.29. The number of carboxylic acid groups (broad SMARTS) is 2. The molecule has 0 spiro atoms. The number of fused-ring (bicyclic) bond motifs is 2. The van der Waals surface area contributed by atoms with Crippen molar-refractivity contribution in [2.24, 2.45) is 0 Å². The molecule has 5 rings (SSSR count). The number of aromatic nitrogens is 1. The normalized spacial score (nSPS) is 18.6. The minimum Gasteiger partial charge on any atom is -0.490 e. The summed E-state index contributed by atoms with van der Waals surface area (Å²) in [6.07, 6.45) is 3.70. The lowest BCUT2D eigenvalue weighted by molar-refractivity contribution is -0.159. The Morgan fingerprint density at radius 1 is 1.13 bits per heavy atom. The van der Waals surface area contributed by atoms with Gasteiger partial charge in [0.2, 0.25) is 0 Å². The number of aliphatic hydroxyl groups is 1. The van der Waals surface area contributed by atoms with Gasteiger partial charge < -0.3 is 25.0 Å². The second-order valence-corrected chi connectivity index (χ2v) is 11.1. The Labute approximate surface area is 225 Å². The van der Waals surface area contributed by atoms with E-state index >= 15 is 0 Å². The van der Waals surface area contributed by atoms with Crippen LogP contribution < -0.4 is 4.74 Å². The molecular formula is C29H34N2O6S. The summed E-state index contributed by atoms with van der Waals surface area (Å²) < 4.78 is 7.38. The molecule has 0 aliphatic carbocycles. The first-order valence-corrected chi connectivity index (χ1v) is 13.5. The number of nitrogens with zero attached hydrogens (tertiary/aromatic N) is 1. The maximum Gasteiger partial charge on any atom is 0.414 e. The number of β-amino-alcohol motifs (C(OH)–C–C–N with tert-alkyl or cyclic N) is 1. The molecule has 3 heterocycles. The number of aromatic amines is 1. The molecule has 202 valence electrons. The van der Waals surface area contributed by atoms with E-state index in [0.29, 0.717) is 25.1 Å². The van der Waals surface area contributed by atoms with E-state index in [4.69, 9.17) is 24.5 Å². The van der Waals surface area contributed by atoms with Crippen molar-refractivity contribution in [1.82, 2.24) is 9.88 Å². The average molecular weight is 539 g/mol. The monoisotopic (exact) mass is 538 g/mol. The summed E-state index contributed by atoms with van der Waals surface area (Å²) in [5.74, 6) is -2.22. The molecule has 0 bridgehead atoms. The van der Waals surface area contributed by atoms with Crippen LogP contribution in [0.25, 0.3) is 21.0 Å². The Morgan fingerprint density at radius 2 is 1.89 bits per heavy atom. The highest BCUT2D eigenvalue weighted by Crippen LogP contribution is 2.39. The number of thiophene rings is 1. The Hall–Kier alpha value is -3.40. The number of aliphatic hydroxyl groups excluding tert-OH is 1. The number of likely N-dealkylation sites (tertiary alicyclic amines) is 1. The second-order valence-electron chi connectivity index (χ2n) is 9.98. The third-order valence-electron chi connectivity index (χ3n) is 7.04. The Bertz CT molecular complexity index is 1420. The molecule has 3 atom stereocenters. The lowest BCUT2D eigenvalue weighted by Crippen LogP contribution is -2.45. The minimum absolute atomic E-state index is 0.311. The van der Waals surface area contributed by atoms with E-state index in [1.165, 1.54) is 26.1 Å². The Kier molecular flexibility index (Phi) is 8.71. The molecule has 0 saturated carbocycles. The number of nitrogens with one attached hydrogen (secondary N) is 1. The van der Waals surface area contributed by atoms with Crippen molar-refractivity contribution in [3.05, 3.63) is 64.7 Å². The number of hydrogen-bond donors (Lipinski definition) is 4. The van der Waals surface area contributed by atoms with Gasteiger partial charge in [0.05, 0.1) is 0 Å². The molecular weight excluding hydrogens is 504 g/mol. The predicted octanol–water partition coefficient (Wildman–Crippen LogP) is 5.16. The summed E-state index contributed by atoms with van der Waals surface area (Å²) in [4.78, 5) is 25.3. The zero-order valence-corrected chi connectivity index (χ0v) is 22.6. The van der Waals surface area contributed by atoms with Gasteiger partial charge in [-0.25, -0.2) is 9.59 Å². The van der Waals surface area contributed by atoms with Crippen molar-refractivity contribution in [2.45, 2.75) is 51.7 Å². The molecule has 2 aromatic heterocycles. The number of hydrogen-bond acceptors (Lipinski definition) is 6. The van der Waals surface area contributed by atoms with Crippen LogP contribution in [0.5, 0.6) is 5.75 Å². The third kappa shape index (κ3) is 6.53. The maximum absolute atomic E-state index is 10.7. The highest BCUT2D eigenvalue weighted by atomic mass is 32.1. The fraction of sp³-hybridized carbons (Fsp3) is 0.379. The summed E-state index contributed by atoms with van der Waals surface area (Å²) in [5.41, 5.74) is 3.78. The van der Waals surface area contributed by atoms with Crippen molar-refractivity contribution >= 4 is 44.3 Å². The first-order chi connectivity index (χ1) is 18.1. The van der Waals surface area contributed by atoms with Gasteiger partial charge >= 0.3 is 11.9 Å². The van der Waals surface area contributed by atoms with Crippen molar-refractivity contribution in [2.75, 3.05) is 19.7 Å². The maximum atomic E-state index is 10.7. The number of carboxylic acids is 2. The van der Waals surface area contributed by atoms with Gasteiger partial charge in [0, 0.05) is 39.3 Å². The SMILES string of the molecule is Cc1cc(C)c2cc(C3CCN(CC(O)COc4cccc5[nH]ccc45)[C@@H](C)C3)sc2c1.O=C(O)C(=O)O. The molecule has 9 heteroatoms. The van der Waals surface area contributed by atoms with Gasteiger partial charge in [-0.2, -0.15) is 0 Å². The number of ether oxygens (including phenoxy) is 1. The Balaban J connectivity index is 0.000000505. The molecule has 4 aromatic rings. The number of benzene rings is 2. The summed E-state index contributed by atoms with van der Waals surface area (Å²) in [6, 6.07) is 15.5. The molecule has 0 radical (unpaired) electrons. The fourth-order valence-corrected chi connectivity index (χ4v) is 6.54. The van der Waals surface area contributed by atoms with Crippen LogP contribution in [-0.2, 0) is 9.59 Å². The third-order valence-corrected chi connectivity index (χ3v) is 8.28. The van der Waals surface area contributed by atoms with E-state index in [-0.39, 0.29) is 0 Å². The van der Waals surface area contributed by atoms with Gasteiger partial charge in [-0.05, 0) is 92.9 Å². The molecule has 4 N–H and O–H groups in total. The lowest BCUT2D eigenvalue weighted by atomic mass is 9.89. The summed E-state index contributed by atoms with van der Waals surface area (Å²) in [7, 11) is 0. The molecule has 8 nitrogen and oxygen atoms in total. The van der Waals surface area contributed by atoms with Crippen LogP contribution >= 0.6 is 11.3 Å². The molecule has 1 aliphatic heterocycles. The van der Waals surface area contributed by atoms with Crippen LogP contribution in [-0.4, -0.2) is 69.0 Å². The van der Waals surface area contributed by atoms with Gasteiger partial charge in [0.15, 0.2) is 0 Å². The molecule has 1 fully saturated rings. The van der Waals surface area contributed by atoms with Crippen molar-refractivity contribution in [1.29, 1.82) is 0 Å². The topological polar surface area (TPSA) is 123 Å². The minimum atomic E-state index is -1.82. The van der Waals surface area contributed by atoms with Crippen LogP contribution in [0.1, 0.15) is 41.7 Å². The quantitative estimate of drug-likeness (QED) is 0.250. The molecule has 0 amide bonds. The number of carbonyl (C=O) groups is 2. The van der Waals surface area contributed by atoms with Crippen LogP contribution in [0.4, 0.5) is 0 Å². The van der Waals surface area contributed by atoms with Gasteiger partial charge in [-0.1, -0.05) is 12.1 Å². The number of aryl methyl sites for hydroxylation is 2. The summed E-state index contributed by atoms with van der Waals surface area (Å²) in [6.45, 7) is 8.68. The predicted molar refractivity (Wildman–Crippen MR) is 149 cm³/mol. The molecule has 2 aromatic carbocycles. The number of rotatable bonds is 6. The number of H-pyrrole nitrogens is 1. The zero-order valence-electron chi connectivity index (χ0n) is 21.8. The van der Waals surface area contributed by atoms with Crippen LogP contribution in [0.3, 0.4) is 0 Å². The first-order valence-electron chi connectivity index (χ1n) is 12.7. The number of aliphatic carboxylic acids is 2. The van der Waals surface area contributed by atoms with Gasteiger partial charge in [-0.15, -0.1) is 11.3 Å². The van der Waals surface area contributed by atoms with Crippen molar-refractivity contribution < 1.29 is 29.6 Å². The number of piperidine rings is 1. The lowest BCUT2D eigenvalue weighted by Gasteiger charge is -2.38. The van der Waals surface area contributed by atoms with Gasteiger partial charge in [0.1, 0.15) is 18.5 Å². The van der Waals surface area contributed by atoms with Crippen LogP contribution in [0.15, 0.2) is 48.7 Å². The standard InChI is InChI=1S/C27H32N2O2S.C2H2O4/c1-17-11-18(2)23-14-26(32-27(23)12-17)20-8-10-29(19(3)13-20)15-21(30)16-31-25-6-4-5-24-22(25)7-9-28-24;3-1(4)2(5)6/h4-7,9,11-12,14,19-21,28,30H,8,10,13,15-16H2,1-3H3;(H,3,4)(H,5,6)/t19-,20?,21?;/m0./s1. The fourth-order valence-electron chi connectivity index (χ4n) is 5.15. The molecule has 1 saturated heterocycles. The van der Waals surface area contributed by atoms with E-state index in [1.807, 2.05) is 41.8 Å². The molecule has 2 unspecified atom stereocenters.